The molecular formula is C14H23FN2. The van der Waals surface area contributed by atoms with Crippen LogP contribution in [-0.2, 0) is 13.1 Å². The third-order valence-corrected chi connectivity index (χ3v) is 2.97. The number of hydrogen-bond acceptors (Lipinski definition) is 2. The maximum Gasteiger partial charge on any atom is 0.123 e. The summed E-state index contributed by atoms with van der Waals surface area (Å²) in [7, 11) is 2.10. The molecule has 0 aliphatic rings. The Labute approximate surface area is 104 Å². The van der Waals surface area contributed by atoms with Gasteiger partial charge >= 0.3 is 0 Å². The van der Waals surface area contributed by atoms with Crippen molar-refractivity contribution in [3.63, 3.8) is 0 Å². The molecule has 2 N–H and O–H groups in total. The highest BCUT2D eigenvalue weighted by Crippen LogP contribution is 2.13. The van der Waals surface area contributed by atoms with E-state index in [-0.39, 0.29) is 5.82 Å². The second kappa shape index (κ2) is 7.41. The number of benzene rings is 1. The lowest BCUT2D eigenvalue weighted by atomic mass is 10.1. The summed E-state index contributed by atoms with van der Waals surface area (Å²) < 4.78 is 13.1. The summed E-state index contributed by atoms with van der Waals surface area (Å²) in [6, 6.07) is 4.89. The second-order valence-corrected chi connectivity index (χ2v) is 4.56. The van der Waals surface area contributed by atoms with Crippen LogP contribution in [0.15, 0.2) is 18.2 Å². The minimum atomic E-state index is -0.206. The fraction of sp³-hybridized carbons (Fsp3) is 0.571. The van der Waals surface area contributed by atoms with Gasteiger partial charge in [-0.25, -0.2) is 4.39 Å². The van der Waals surface area contributed by atoms with Crippen molar-refractivity contribution in [3.8, 4) is 0 Å². The van der Waals surface area contributed by atoms with Crippen molar-refractivity contribution in [3.05, 3.63) is 35.1 Å². The normalized spacial score (nSPS) is 11.1. The highest BCUT2D eigenvalue weighted by atomic mass is 19.1. The van der Waals surface area contributed by atoms with Gasteiger partial charge in [0.1, 0.15) is 5.82 Å². The first-order valence-corrected chi connectivity index (χ1v) is 6.33. The van der Waals surface area contributed by atoms with Crippen molar-refractivity contribution >= 4 is 0 Å². The van der Waals surface area contributed by atoms with Gasteiger partial charge in [-0.3, -0.25) is 0 Å². The Hall–Kier alpha value is -0.930. The molecule has 0 heterocycles. The Kier molecular flexibility index (Phi) is 6.16. The second-order valence-electron chi connectivity index (χ2n) is 4.56. The monoisotopic (exact) mass is 238 g/mol. The molecule has 0 amide bonds. The van der Waals surface area contributed by atoms with Crippen molar-refractivity contribution in [2.75, 3.05) is 13.6 Å². The Bertz CT molecular complexity index is 339. The van der Waals surface area contributed by atoms with Crippen LogP contribution in [-0.4, -0.2) is 18.5 Å². The summed E-state index contributed by atoms with van der Waals surface area (Å²) in [5, 5.41) is 0. The molecule has 0 aromatic heterocycles. The van der Waals surface area contributed by atoms with Gasteiger partial charge in [0, 0.05) is 13.1 Å². The predicted molar refractivity (Wildman–Crippen MR) is 70.2 cm³/mol. The van der Waals surface area contributed by atoms with E-state index in [1.54, 1.807) is 0 Å². The molecule has 0 atom stereocenters. The summed E-state index contributed by atoms with van der Waals surface area (Å²) in [6.45, 7) is 4.52. The van der Waals surface area contributed by atoms with E-state index in [4.69, 9.17) is 5.73 Å². The lowest BCUT2D eigenvalue weighted by Gasteiger charge is -2.18. The molecule has 0 saturated heterocycles. The summed E-state index contributed by atoms with van der Waals surface area (Å²) in [4.78, 5) is 2.27. The van der Waals surface area contributed by atoms with Crippen LogP contribution < -0.4 is 5.73 Å². The van der Waals surface area contributed by atoms with Crippen LogP contribution in [0.25, 0.3) is 0 Å². The first-order chi connectivity index (χ1) is 8.17. The van der Waals surface area contributed by atoms with Gasteiger partial charge in [0.2, 0.25) is 0 Å². The zero-order chi connectivity index (χ0) is 12.7. The molecule has 0 aliphatic heterocycles. The average molecular weight is 238 g/mol. The molecule has 96 valence electrons. The van der Waals surface area contributed by atoms with E-state index in [2.05, 4.69) is 18.9 Å². The lowest BCUT2D eigenvalue weighted by Crippen LogP contribution is -2.20. The minimum absolute atomic E-state index is 0.206. The molecule has 0 radical (unpaired) electrons. The van der Waals surface area contributed by atoms with Crippen molar-refractivity contribution in [1.82, 2.24) is 4.90 Å². The SMILES string of the molecule is CCCCCN(C)Cc1ccc(F)cc1CN. The van der Waals surface area contributed by atoms with E-state index < -0.39 is 0 Å². The average Bonchev–Trinajstić information content (AvgIpc) is 2.32. The largest absolute Gasteiger partial charge is 0.326 e. The molecule has 0 saturated carbocycles. The molecule has 0 aliphatic carbocycles. The van der Waals surface area contributed by atoms with E-state index in [0.717, 1.165) is 24.2 Å². The highest BCUT2D eigenvalue weighted by Gasteiger charge is 2.05. The van der Waals surface area contributed by atoms with Crippen molar-refractivity contribution in [2.24, 2.45) is 5.73 Å². The van der Waals surface area contributed by atoms with Crippen LogP contribution in [0.5, 0.6) is 0 Å². The fourth-order valence-corrected chi connectivity index (χ4v) is 1.94. The van der Waals surface area contributed by atoms with Crippen molar-refractivity contribution in [2.45, 2.75) is 39.3 Å². The first kappa shape index (κ1) is 14.1. The van der Waals surface area contributed by atoms with E-state index in [9.17, 15) is 4.39 Å². The smallest absolute Gasteiger partial charge is 0.123 e. The van der Waals surface area contributed by atoms with Crippen LogP contribution in [0.2, 0.25) is 0 Å². The summed E-state index contributed by atoms with van der Waals surface area (Å²) in [5.74, 6) is -0.206. The van der Waals surface area contributed by atoms with E-state index in [1.165, 1.54) is 31.4 Å². The van der Waals surface area contributed by atoms with E-state index in [1.807, 2.05) is 6.07 Å². The maximum absolute atomic E-state index is 13.1. The first-order valence-electron chi connectivity index (χ1n) is 6.33. The van der Waals surface area contributed by atoms with Gasteiger partial charge < -0.3 is 10.6 Å². The Morgan fingerprint density at radius 2 is 2.00 bits per heavy atom. The summed E-state index contributed by atoms with van der Waals surface area (Å²) in [5.41, 5.74) is 7.67. The molecular weight excluding hydrogens is 215 g/mol. The minimum Gasteiger partial charge on any atom is -0.326 e. The Morgan fingerprint density at radius 3 is 2.65 bits per heavy atom. The number of rotatable bonds is 7. The third-order valence-electron chi connectivity index (χ3n) is 2.97. The van der Waals surface area contributed by atoms with Gasteiger partial charge in [0.25, 0.3) is 0 Å². The maximum atomic E-state index is 13.1. The molecule has 17 heavy (non-hydrogen) atoms. The topological polar surface area (TPSA) is 29.3 Å². The molecule has 1 rings (SSSR count). The van der Waals surface area contributed by atoms with Crippen LogP contribution in [0, 0.1) is 5.82 Å². The number of hydrogen-bond donors (Lipinski definition) is 1. The Balaban J connectivity index is 2.55. The standard InChI is InChI=1S/C14H23FN2/c1-3-4-5-8-17(2)11-12-6-7-14(15)9-13(12)10-16/h6-7,9H,3-5,8,10-11,16H2,1-2H3. The van der Waals surface area contributed by atoms with Crippen molar-refractivity contribution in [1.29, 1.82) is 0 Å². The molecule has 1 aromatic carbocycles. The third kappa shape index (κ3) is 4.84. The van der Waals surface area contributed by atoms with Gasteiger partial charge in [-0.15, -0.1) is 0 Å². The van der Waals surface area contributed by atoms with E-state index >= 15 is 0 Å². The van der Waals surface area contributed by atoms with Gasteiger partial charge in [-0.2, -0.15) is 0 Å². The van der Waals surface area contributed by atoms with Crippen LogP contribution in [0.1, 0.15) is 37.3 Å². The van der Waals surface area contributed by atoms with Crippen LogP contribution >= 0.6 is 0 Å². The number of halogens is 1. The quantitative estimate of drug-likeness (QED) is 0.740. The van der Waals surface area contributed by atoms with Crippen molar-refractivity contribution < 1.29 is 4.39 Å². The van der Waals surface area contributed by atoms with Gasteiger partial charge in [0.05, 0.1) is 0 Å². The highest BCUT2D eigenvalue weighted by molar-refractivity contribution is 5.27. The number of unbranched alkanes of at least 4 members (excludes halogenated alkanes) is 2. The number of nitrogens with two attached hydrogens (primary N) is 1. The zero-order valence-electron chi connectivity index (χ0n) is 10.9. The molecule has 0 fully saturated rings. The molecule has 0 bridgehead atoms. The van der Waals surface area contributed by atoms with Crippen LogP contribution in [0.4, 0.5) is 4.39 Å². The van der Waals surface area contributed by atoms with Crippen LogP contribution in [0.3, 0.4) is 0 Å². The van der Waals surface area contributed by atoms with Gasteiger partial charge in [-0.1, -0.05) is 25.8 Å². The number of nitrogens with zero attached hydrogens (tertiary/aromatic N) is 1. The fourth-order valence-electron chi connectivity index (χ4n) is 1.94. The lowest BCUT2D eigenvalue weighted by molar-refractivity contribution is 0.317. The Morgan fingerprint density at radius 1 is 1.24 bits per heavy atom. The zero-order valence-corrected chi connectivity index (χ0v) is 10.9. The van der Waals surface area contributed by atoms with E-state index in [0.29, 0.717) is 6.54 Å². The molecule has 0 spiro atoms. The van der Waals surface area contributed by atoms with Gasteiger partial charge in [0.15, 0.2) is 0 Å². The summed E-state index contributed by atoms with van der Waals surface area (Å²) >= 11 is 0. The molecule has 3 heteroatoms. The molecule has 1 aromatic rings. The predicted octanol–water partition coefficient (Wildman–Crippen LogP) is 2.91. The molecule has 0 unspecified atom stereocenters. The molecule has 2 nitrogen and oxygen atoms in total. The van der Waals surface area contributed by atoms with Gasteiger partial charge in [-0.05, 0) is 43.3 Å². The summed E-state index contributed by atoms with van der Waals surface area (Å²) in [6.07, 6.45) is 3.71.